The van der Waals surface area contributed by atoms with Gasteiger partial charge >= 0.3 is 5.97 Å². The molecule has 0 aliphatic heterocycles. The highest BCUT2D eigenvalue weighted by Gasteiger charge is 2.16. The predicted octanol–water partition coefficient (Wildman–Crippen LogP) is 2.11. The lowest BCUT2D eigenvalue weighted by Gasteiger charge is -2.21. The molecule has 0 fully saturated rings. The first-order valence-electron chi connectivity index (χ1n) is 5.76. The number of nitriles is 1. The number of carbonyl (C=O) groups is 1. The molecule has 0 unspecified atom stereocenters. The van der Waals surface area contributed by atoms with Crippen molar-refractivity contribution in [2.45, 2.75) is 40.0 Å². The van der Waals surface area contributed by atoms with E-state index in [1.807, 2.05) is 20.8 Å². The highest BCUT2D eigenvalue weighted by Crippen LogP contribution is 2.20. The van der Waals surface area contributed by atoms with E-state index in [-0.39, 0.29) is 11.8 Å². The molecule has 0 saturated heterocycles. The van der Waals surface area contributed by atoms with Crippen molar-refractivity contribution in [1.29, 1.82) is 5.26 Å². The van der Waals surface area contributed by atoms with E-state index in [4.69, 9.17) is 10.4 Å². The molecule has 4 heteroatoms. The molecule has 0 atom stereocenters. The topological polar surface area (TPSA) is 64.3 Å². The Morgan fingerprint density at radius 2 is 2.06 bits per heavy atom. The van der Waals surface area contributed by atoms with Crippen molar-refractivity contribution in [2.75, 3.05) is 19.6 Å². The summed E-state index contributed by atoms with van der Waals surface area (Å²) in [6.07, 6.45) is 1.98. The smallest absolute Gasteiger partial charge is 0.304 e. The largest absolute Gasteiger partial charge is 0.481 e. The van der Waals surface area contributed by atoms with Crippen molar-refractivity contribution in [3.05, 3.63) is 0 Å². The van der Waals surface area contributed by atoms with Gasteiger partial charge in [-0.1, -0.05) is 6.92 Å². The van der Waals surface area contributed by atoms with E-state index in [1.165, 1.54) is 0 Å². The zero-order valence-electron chi connectivity index (χ0n) is 10.5. The van der Waals surface area contributed by atoms with Gasteiger partial charge in [0, 0.05) is 6.54 Å². The first-order chi connectivity index (χ1) is 7.41. The van der Waals surface area contributed by atoms with Crippen LogP contribution in [0.2, 0.25) is 0 Å². The minimum atomic E-state index is -0.754. The quantitative estimate of drug-likeness (QED) is 0.688. The van der Waals surface area contributed by atoms with Crippen LogP contribution in [0.4, 0.5) is 0 Å². The Bertz CT molecular complexity index is 256. The molecule has 0 rings (SSSR count). The van der Waals surface area contributed by atoms with Gasteiger partial charge in [-0.15, -0.1) is 0 Å². The molecule has 0 aliphatic rings. The molecule has 92 valence electrons. The number of carboxylic acids is 1. The van der Waals surface area contributed by atoms with Crippen molar-refractivity contribution in [1.82, 2.24) is 4.90 Å². The Hall–Kier alpha value is -1.08. The first-order valence-corrected chi connectivity index (χ1v) is 5.76. The van der Waals surface area contributed by atoms with E-state index in [1.54, 1.807) is 0 Å². The van der Waals surface area contributed by atoms with Crippen LogP contribution in [0.3, 0.4) is 0 Å². The number of aliphatic carboxylic acids is 1. The van der Waals surface area contributed by atoms with Gasteiger partial charge < -0.3 is 10.0 Å². The summed E-state index contributed by atoms with van der Waals surface area (Å²) in [4.78, 5) is 12.5. The first kappa shape index (κ1) is 14.9. The molecule has 0 aliphatic carbocycles. The second-order valence-corrected chi connectivity index (χ2v) is 4.68. The normalized spacial score (nSPS) is 11.4. The van der Waals surface area contributed by atoms with Crippen LogP contribution < -0.4 is 0 Å². The van der Waals surface area contributed by atoms with Gasteiger partial charge in [-0.2, -0.15) is 5.26 Å². The van der Waals surface area contributed by atoms with Crippen molar-refractivity contribution in [3.63, 3.8) is 0 Å². The molecular formula is C12H22N2O2. The SMILES string of the molecule is CCN(CCCC(C)(C)C#N)CCC(=O)O. The second kappa shape index (κ2) is 7.24. The van der Waals surface area contributed by atoms with Crippen LogP contribution >= 0.6 is 0 Å². The molecule has 0 radical (unpaired) electrons. The molecule has 0 heterocycles. The van der Waals surface area contributed by atoms with Gasteiger partial charge in [0.1, 0.15) is 0 Å². The van der Waals surface area contributed by atoms with Gasteiger partial charge in [0.2, 0.25) is 0 Å². The molecule has 0 aromatic heterocycles. The minimum absolute atomic E-state index is 0.190. The molecule has 4 nitrogen and oxygen atoms in total. The summed E-state index contributed by atoms with van der Waals surface area (Å²) in [6, 6.07) is 2.27. The molecule has 16 heavy (non-hydrogen) atoms. The number of rotatable bonds is 8. The third kappa shape index (κ3) is 7.24. The maximum absolute atomic E-state index is 10.4. The lowest BCUT2D eigenvalue weighted by molar-refractivity contribution is -0.137. The van der Waals surface area contributed by atoms with Crippen LogP contribution in [0.25, 0.3) is 0 Å². The minimum Gasteiger partial charge on any atom is -0.481 e. The maximum Gasteiger partial charge on any atom is 0.304 e. The molecule has 0 aromatic carbocycles. The van der Waals surface area contributed by atoms with Gasteiger partial charge in [0.05, 0.1) is 17.9 Å². The molecule has 0 aromatic rings. The van der Waals surface area contributed by atoms with Gasteiger partial charge in [0.25, 0.3) is 0 Å². The fourth-order valence-electron chi connectivity index (χ4n) is 1.48. The van der Waals surface area contributed by atoms with Gasteiger partial charge in [-0.3, -0.25) is 4.79 Å². The lowest BCUT2D eigenvalue weighted by atomic mass is 9.90. The molecule has 0 amide bonds. The average molecular weight is 226 g/mol. The third-order valence-electron chi connectivity index (χ3n) is 2.67. The zero-order chi connectivity index (χ0) is 12.6. The fraction of sp³-hybridized carbons (Fsp3) is 0.833. The third-order valence-corrected chi connectivity index (χ3v) is 2.67. The Labute approximate surface area is 97.9 Å². The molecule has 1 N–H and O–H groups in total. The van der Waals surface area contributed by atoms with Gasteiger partial charge in [-0.25, -0.2) is 0 Å². The summed E-state index contributed by atoms with van der Waals surface area (Å²) >= 11 is 0. The van der Waals surface area contributed by atoms with Gasteiger partial charge in [-0.05, 0) is 39.8 Å². The zero-order valence-corrected chi connectivity index (χ0v) is 10.5. The molecular weight excluding hydrogens is 204 g/mol. The van der Waals surface area contributed by atoms with E-state index in [0.717, 1.165) is 25.9 Å². The summed E-state index contributed by atoms with van der Waals surface area (Å²) in [5.41, 5.74) is -0.272. The van der Waals surface area contributed by atoms with Crippen molar-refractivity contribution < 1.29 is 9.90 Å². The molecule has 0 spiro atoms. The van der Waals surface area contributed by atoms with Gasteiger partial charge in [0.15, 0.2) is 0 Å². The predicted molar refractivity (Wildman–Crippen MR) is 63.0 cm³/mol. The van der Waals surface area contributed by atoms with Crippen LogP contribution in [0.5, 0.6) is 0 Å². The van der Waals surface area contributed by atoms with E-state index in [0.29, 0.717) is 6.54 Å². The summed E-state index contributed by atoms with van der Waals surface area (Å²) in [7, 11) is 0. The number of nitrogens with zero attached hydrogens (tertiary/aromatic N) is 2. The Morgan fingerprint density at radius 1 is 1.44 bits per heavy atom. The van der Waals surface area contributed by atoms with Crippen molar-refractivity contribution in [2.24, 2.45) is 5.41 Å². The molecule has 0 bridgehead atoms. The maximum atomic E-state index is 10.4. The number of hydrogen-bond acceptors (Lipinski definition) is 3. The average Bonchev–Trinajstić information content (AvgIpc) is 2.22. The second-order valence-electron chi connectivity index (χ2n) is 4.68. The van der Waals surface area contributed by atoms with Crippen molar-refractivity contribution >= 4 is 5.97 Å². The van der Waals surface area contributed by atoms with Crippen LogP contribution in [0, 0.1) is 16.7 Å². The summed E-state index contributed by atoms with van der Waals surface area (Å²) < 4.78 is 0. The lowest BCUT2D eigenvalue weighted by Crippen LogP contribution is -2.28. The van der Waals surface area contributed by atoms with Crippen LogP contribution in [-0.2, 0) is 4.79 Å². The van der Waals surface area contributed by atoms with Crippen LogP contribution in [0.15, 0.2) is 0 Å². The van der Waals surface area contributed by atoms with E-state index in [2.05, 4.69) is 11.0 Å². The summed E-state index contributed by atoms with van der Waals surface area (Å²) in [6.45, 7) is 8.21. The Kier molecular flexibility index (Phi) is 6.75. The van der Waals surface area contributed by atoms with E-state index >= 15 is 0 Å². The Morgan fingerprint density at radius 3 is 2.50 bits per heavy atom. The van der Waals surface area contributed by atoms with Crippen molar-refractivity contribution in [3.8, 4) is 6.07 Å². The van der Waals surface area contributed by atoms with E-state index in [9.17, 15) is 4.79 Å². The standard InChI is InChI=1S/C12H22N2O2/c1-4-14(9-6-11(15)16)8-5-7-12(2,3)10-13/h4-9H2,1-3H3,(H,15,16). The Balaban J connectivity index is 3.80. The summed E-state index contributed by atoms with van der Waals surface area (Å²) in [5.74, 6) is -0.754. The highest BCUT2D eigenvalue weighted by atomic mass is 16.4. The van der Waals surface area contributed by atoms with E-state index < -0.39 is 5.97 Å². The van der Waals surface area contributed by atoms with Crippen LogP contribution in [0.1, 0.15) is 40.0 Å². The molecule has 0 saturated carbocycles. The number of carboxylic acid groups (broad SMARTS) is 1. The monoisotopic (exact) mass is 226 g/mol. The summed E-state index contributed by atoms with van der Waals surface area (Å²) in [5, 5.41) is 17.4. The fourth-order valence-corrected chi connectivity index (χ4v) is 1.48. The highest BCUT2D eigenvalue weighted by molar-refractivity contribution is 5.66. The van der Waals surface area contributed by atoms with Crippen LogP contribution in [-0.4, -0.2) is 35.6 Å². The number of hydrogen-bond donors (Lipinski definition) is 1.